The van der Waals surface area contributed by atoms with Crippen LogP contribution >= 0.6 is 0 Å². The molecular formula is C31H27F3N+. The Kier molecular flexibility index (Phi) is 4.61. The Labute approximate surface area is 203 Å². The van der Waals surface area contributed by atoms with E-state index in [0.29, 0.717) is 29.5 Å². The first-order valence-electron chi connectivity index (χ1n) is 12.0. The van der Waals surface area contributed by atoms with E-state index in [1.165, 1.54) is 11.1 Å². The second-order valence-corrected chi connectivity index (χ2v) is 10.2. The Balaban J connectivity index is 1.65. The molecule has 176 valence electrons. The number of hydrogen-bond donors (Lipinski definition) is 0. The highest BCUT2D eigenvalue weighted by molar-refractivity contribution is 5.91. The molecule has 0 saturated carbocycles. The first-order chi connectivity index (χ1) is 16.5. The van der Waals surface area contributed by atoms with Gasteiger partial charge in [-0.25, -0.2) is 4.57 Å². The van der Waals surface area contributed by atoms with Crippen molar-refractivity contribution in [2.75, 3.05) is 0 Å². The normalized spacial score (nSPS) is 13.5. The number of rotatable bonds is 1. The molecule has 0 N–H and O–H groups in total. The average Bonchev–Trinajstić information content (AvgIpc) is 3.30. The van der Waals surface area contributed by atoms with Gasteiger partial charge >= 0.3 is 6.18 Å². The van der Waals surface area contributed by atoms with Gasteiger partial charge in [0.15, 0.2) is 6.20 Å². The minimum atomic E-state index is -4.43. The highest BCUT2D eigenvalue weighted by Gasteiger charge is 2.43. The lowest BCUT2D eigenvalue weighted by Crippen LogP contribution is -2.32. The second-order valence-electron chi connectivity index (χ2n) is 10.2. The second kappa shape index (κ2) is 7.30. The van der Waals surface area contributed by atoms with Gasteiger partial charge in [0.2, 0.25) is 5.69 Å². The summed E-state index contributed by atoms with van der Waals surface area (Å²) in [6.45, 7) is 8.25. The van der Waals surface area contributed by atoms with E-state index in [4.69, 9.17) is 0 Å². The number of aryl methyl sites for hydroxylation is 4. The van der Waals surface area contributed by atoms with E-state index < -0.39 is 11.7 Å². The van der Waals surface area contributed by atoms with Gasteiger partial charge in [-0.2, -0.15) is 13.2 Å². The zero-order valence-electron chi connectivity index (χ0n) is 20.6. The first kappa shape index (κ1) is 22.1. The Morgan fingerprint density at radius 1 is 0.714 bits per heavy atom. The van der Waals surface area contributed by atoms with Crippen LogP contribution in [0.25, 0.3) is 33.5 Å². The summed E-state index contributed by atoms with van der Waals surface area (Å²) in [4.78, 5) is 0. The third-order valence-electron chi connectivity index (χ3n) is 7.85. The number of pyridine rings is 1. The molecule has 0 unspecified atom stereocenters. The van der Waals surface area contributed by atoms with Crippen molar-refractivity contribution in [2.24, 2.45) is 7.05 Å². The number of aromatic nitrogens is 1. The molecule has 0 saturated heterocycles. The van der Waals surface area contributed by atoms with E-state index in [-0.39, 0.29) is 0 Å². The Hall–Kier alpha value is -3.40. The number of fused-ring (bicyclic) bond motifs is 6. The van der Waals surface area contributed by atoms with Crippen molar-refractivity contribution in [2.45, 2.75) is 46.7 Å². The molecule has 3 aromatic carbocycles. The summed E-state index contributed by atoms with van der Waals surface area (Å²) in [5.74, 6) is 0. The number of benzene rings is 3. The number of nitrogens with zero attached hydrogens (tertiary/aromatic N) is 1. The van der Waals surface area contributed by atoms with Crippen LogP contribution in [-0.2, 0) is 26.1 Å². The Morgan fingerprint density at radius 3 is 2.20 bits per heavy atom. The van der Waals surface area contributed by atoms with Gasteiger partial charge in [-0.05, 0) is 96.3 Å². The summed E-state index contributed by atoms with van der Waals surface area (Å²) in [7, 11) is 1.99. The quantitative estimate of drug-likeness (QED) is 0.218. The van der Waals surface area contributed by atoms with E-state index in [1.54, 1.807) is 0 Å². The first-order valence-corrected chi connectivity index (χ1v) is 12.0. The minimum absolute atomic E-state index is 0.327. The lowest BCUT2D eigenvalue weighted by atomic mass is 9.90. The topological polar surface area (TPSA) is 3.88 Å². The van der Waals surface area contributed by atoms with Crippen molar-refractivity contribution in [1.29, 1.82) is 0 Å². The van der Waals surface area contributed by atoms with Crippen LogP contribution in [0, 0.1) is 27.7 Å². The molecule has 6 rings (SSSR count). The maximum absolute atomic E-state index is 14.8. The largest absolute Gasteiger partial charge is 0.417 e. The van der Waals surface area contributed by atoms with Crippen LogP contribution in [0.5, 0.6) is 0 Å². The van der Waals surface area contributed by atoms with Gasteiger partial charge in [0.25, 0.3) is 0 Å². The molecule has 0 spiro atoms. The molecule has 1 heterocycles. The highest BCUT2D eigenvalue weighted by atomic mass is 19.4. The number of alkyl halides is 3. The van der Waals surface area contributed by atoms with E-state index in [1.807, 2.05) is 50.5 Å². The lowest BCUT2D eigenvalue weighted by molar-refractivity contribution is -0.660. The third-order valence-corrected chi connectivity index (χ3v) is 7.85. The minimum Gasteiger partial charge on any atom is -0.201 e. The van der Waals surface area contributed by atoms with Crippen molar-refractivity contribution in [3.63, 3.8) is 0 Å². The summed E-state index contributed by atoms with van der Waals surface area (Å²) >= 11 is 0. The van der Waals surface area contributed by atoms with Gasteiger partial charge in [-0.3, -0.25) is 0 Å². The average molecular weight is 471 g/mol. The monoisotopic (exact) mass is 470 g/mol. The van der Waals surface area contributed by atoms with Crippen LogP contribution in [0.4, 0.5) is 13.2 Å². The predicted molar refractivity (Wildman–Crippen MR) is 133 cm³/mol. The molecule has 2 aliphatic rings. The molecule has 0 amide bonds. The van der Waals surface area contributed by atoms with E-state index >= 15 is 0 Å². The smallest absolute Gasteiger partial charge is 0.201 e. The molecule has 4 aromatic rings. The zero-order chi connectivity index (χ0) is 24.8. The molecule has 0 fully saturated rings. The lowest BCUT2D eigenvalue weighted by Gasteiger charge is -2.18. The van der Waals surface area contributed by atoms with E-state index in [0.717, 1.165) is 50.2 Å². The Morgan fingerprint density at radius 2 is 1.46 bits per heavy atom. The SMILES string of the molecule is Cc1ccc2c(c1)Cc1c-2cc2c(c1C(F)(F)F)-c1cc[n+](C)c(-c3cc(C)cc(C)c3C)c1C2. The van der Waals surface area contributed by atoms with Crippen molar-refractivity contribution in [3.8, 4) is 33.5 Å². The molecule has 0 atom stereocenters. The van der Waals surface area contributed by atoms with Crippen molar-refractivity contribution < 1.29 is 17.7 Å². The fraction of sp³-hybridized carbons (Fsp3) is 0.258. The van der Waals surface area contributed by atoms with Crippen LogP contribution < -0.4 is 4.57 Å². The van der Waals surface area contributed by atoms with E-state index in [9.17, 15) is 13.2 Å². The van der Waals surface area contributed by atoms with Crippen molar-refractivity contribution >= 4 is 0 Å². The summed E-state index contributed by atoms with van der Waals surface area (Å²) in [6.07, 6.45) is -1.69. The highest BCUT2D eigenvalue weighted by Crippen LogP contribution is 2.53. The fourth-order valence-electron chi connectivity index (χ4n) is 6.23. The molecule has 0 aliphatic heterocycles. The van der Waals surface area contributed by atoms with Gasteiger partial charge in [0, 0.05) is 23.6 Å². The summed E-state index contributed by atoms with van der Waals surface area (Å²) < 4.78 is 46.3. The molecule has 2 aliphatic carbocycles. The third kappa shape index (κ3) is 3.19. The van der Waals surface area contributed by atoms with Crippen LogP contribution in [0.3, 0.4) is 0 Å². The van der Waals surface area contributed by atoms with Crippen molar-refractivity contribution in [1.82, 2.24) is 0 Å². The molecule has 0 radical (unpaired) electrons. The molecule has 1 nitrogen and oxygen atoms in total. The number of hydrogen-bond acceptors (Lipinski definition) is 0. The molecule has 35 heavy (non-hydrogen) atoms. The van der Waals surface area contributed by atoms with E-state index in [2.05, 4.69) is 37.5 Å². The standard InChI is InChI=1S/C31H27F3N/c1-16-6-7-22-20(11-16)13-26-25(22)14-21-15-27-23(28(21)29(26)31(32,33)34)8-9-35(5)30(27)24-12-17(2)10-18(3)19(24)4/h6-12,14H,13,15H2,1-5H3/q+1. The Bertz CT molecular complexity index is 1570. The summed E-state index contributed by atoms with van der Waals surface area (Å²) in [6, 6.07) is 14.2. The van der Waals surface area contributed by atoms with Gasteiger partial charge in [-0.1, -0.05) is 35.4 Å². The molecule has 0 bridgehead atoms. The van der Waals surface area contributed by atoms with Crippen LogP contribution in [0.15, 0.2) is 48.7 Å². The van der Waals surface area contributed by atoms with Gasteiger partial charge < -0.3 is 0 Å². The molecule has 4 heteroatoms. The maximum Gasteiger partial charge on any atom is 0.417 e. The van der Waals surface area contributed by atoms with Crippen LogP contribution in [0.1, 0.15) is 50.1 Å². The van der Waals surface area contributed by atoms with Gasteiger partial charge in [0.1, 0.15) is 7.05 Å². The van der Waals surface area contributed by atoms with Gasteiger partial charge in [0.05, 0.1) is 5.56 Å². The summed E-state index contributed by atoms with van der Waals surface area (Å²) in [5, 5.41) is 0. The fourth-order valence-corrected chi connectivity index (χ4v) is 6.23. The molecule has 1 aromatic heterocycles. The number of halogens is 3. The van der Waals surface area contributed by atoms with Crippen LogP contribution in [-0.4, -0.2) is 0 Å². The van der Waals surface area contributed by atoms with Gasteiger partial charge in [-0.15, -0.1) is 0 Å². The summed E-state index contributed by atoms with van der Waals surface area (Å²) in [5.41, 5.74) is 12.2. The van der Waals surface area contributed by atoms with Crippen LogP contribution in [0.2, 0.25) is 0 Å². The predicted octanol–water partition coefficient (Wildman–Crippen LogP) is 7.57. The zero-order valence-corrected chi connectivity index (χ0v) is 20.6. The molecular weight excluding hydrogens is 443 g/mol. The van der Waals surface area contributed by atoms with Crippen molar-refractivity contribution in [3.05, 3.63) is 98.7 Å². The maximum atomic E-state index is 14.8.